The zero-order valence-electron chi connectivity index (χ0n) is 18.4. The van der Waals surface area contributed by atoms with Crippen LogP contribution in [-0.4, -0.2) is 37.8 Å². The highest BCUT2D eigenvalue weighted by Gasteiger charge is 2.35. The van der Waals surface area contributed by atoms with Crippen LogP contribution in [0, 0.1) is 5.92 Å². The minimum Gasteiger partial charge on any atom is -0.338 e. The zero-order chi connectivity index (χ0) is 24.6. The maximum absolute atomic E-state index is 13.0. The molecular weight excluding hydrogens is 459 g/mol. The third-order valence-electron chi connectivity index (χ3n) is 5.93. The van der Waals surface area contributed by atoms with Crippen LogP contribution >= 0.6 is 0 Å². The molecule has 1 saturated heterocycles. The average Bonchev–Trinajstić information content (AvgIpc) is 3.43. The first kappa shape index (κ1) is 22.6. The van der Waals surface area contributed by atoms with Crippen LogP contribution in [0.5, 0.6) is 0 Å². The molecule has 1 N–H and O–H groups in total. The average molecular weight is 479 g/mol. The van der Waals surface area contributed by atoms with E-state index in [-0.39, 0.29) is 31.3 Å². The van der Waals surface area contributed by atoms with Crippen LogP contribution in [0.15, 0.2) is 73.2 Å². The first-order valence-electron chi connectivity index (χ1n) is 10.9. The molecule has 0 spiro atoms. The van der Waals surface area contributed by atoms with Crippen LogP contribution in [0.25, 0.3) is 16.9 Å². The van der Waals surface area contributed by atoms with E-state index in [2.05, 4.69) is 15.3 Å². The number of carbonyl (C=O) groups excluding carboxylic acids is 2. The molecule has 3 heterocycles. The van der Waals surface area contributed by atoms with Gasteiger partial charge in [0, 0.05) is 19.5 Å². The molecular formula is C25H20F3N5O2. The molecule has 0 saturated carbocycles. The second-order valence-electron chi connectivity index (χ2n) is 8.37. The number of amides is 2. The van der Waals surface area contributed by atoms with Crippen LogP contribution in [0.2, 0.25) is 0 Å². The van der Waals surface area contributed by atoms with E-state index < -0.39 is 17.7 Å². The standard InChI is InChI=1S/C25H20F3N5O2/c26-25(27,28)18-5-3-4-16(10-18)13-32-14-17(11-23(32)34)24(35)31-19-8-9-22(29-12-19)33-15-30-20-6-1-2-7-21(20)33/h1-10,12,15,17H,11,13-14H2,(H,31,35). The van der Waals surface area contributed by atoms with E-state index in [0.717, 1.165) is 23.2 Å². The Bertz CT molecular complexity index is 1400. The number of carbonyl (C=O) groups is 2. The van der Waals surface area contributed by atoms with Gasteiger partial charge >= 0.3 is 6.18 Å². The molecule has 1 atom stereocenters. The van der Waals surface area contributed by atoms with Gasteiger partial charge in [0.25, 0.3) is 0 Å². The summed E-state index contributed by atoms with van der Waals surface area (Å²) in [5, 5.41) is 2.77. The molecule has 0 bridgehead atoms. The molecule has 4 aromatic rings. The Hall–Kier alpha value is -4.21. The van der Waals surface area contributed by atoms with E-state index in [1.54, 1.807) is 18.5 Å². The maximum Gasteiger partial charge on any atom is 0.416 e. The van der Waals surface area contributed by atoms with Crippen molar-refractivity contribution >= 4 is 28.5 Å². The first-order valence-corrected chi connectivity index (χ1v) is 10.9. The van der Waals surface area contributed by atoms with E-state index in [1.165, 1.54) is 23.2 Å². The number of aromatic nitrogens is 3. The van der Waals surface area contributed by atoms with Crippen molar-refractivity contribution in [2.45, 2.75) is 19.1 Å². The summed E-state index contributed by atoms with van der Waals surface area (Å²) in [6.45, 7) is 0.148. The molecule has 1 unspecified atom stereocenters. The number of nitrogens with one attached hydrogen (secondary N) is 1. The number of pyridine rings is 1. The predicted molar refractivity (Wildman–Crippen MR) is 122 cm³/mol. The van der Waals surface area contributed by atoms with Crippen molar-refractivity contribution in [2.24, 2.45) is 5.92 Å². The second kappa shape index (κ2) is 8.86. The highest BCUT2D eigenvalue weighted by atomic mass is 19.4. The summed E-state index contributed by atoms with van der Waals surface area (Å²) in [5.74, 6) is -0.582. The summed E-state index contributed by atoms with van der Waals surface area (Å²) >= 11 is 0. The Morgan fingerprint density at radius 1 is 1.06 bits per heavy atom. The minimum atomic E-state index is -4.46. The van der Waals surface area contributed by atoms with Crippen LogP contribution in [0.4, 0.5) is 18.9 Å². The number of hydrogen-bond acceptors (Lipinski definition) is 4. The molecule has 2 amide bonds. The Kier molecular flexibility index (Phi) is 5.72. The number of likely N-dealkylation sites (tertiary alicyclic amines) is 1. The Morgan fingerprint density at radius 2 is 1.89 bits per heavy atom. The maximum atomic E-state index is 13.0. The third kappa shape index (κ3) is 4.72. The van der Waals surface area contributed by atoms with Gasteiger partial charge in [-0.3, -0.25) is 14.2 Å². The number of benzene rings is 2. The fourth-order valence-corrected chi connectivity index (χ4v) is 4.16. The predicted octanol–water partition coefficient (Wildman–Crippen LogP) is 4.43. The van der Waals surface area contributed by atoms with E-state index in [4.69, 9.17) is 0 Å². The number of alkyl halides is 3. The normalized spacial score (nSPS) is 16.1. The van der Waals surface area contributed by atoms with Crippen molar-refractivity contribution in [1.82, 2.24) is 19.4 Å². The van der Waals surface area contributed by atoms with E-state index in [9.17, 15) is 22.8 Å². The second-order valence-corrected chi connectivity index (χ2v) is 8.37. The molecule has 5 rings (SSSR count). The van der Waals surface area contributed by atoms with E-state index in [0.29, 0.717) is 17.1 Å². The minimum absolute atomic E-state index is 0.00265. The summed E-state index contributed by atoms with van der Waals surface area (Å²) < 4.78 is 40.7. The van der Waals surface area contributed by atoms with Gasteiger partial charge in [-0.2, -0.15) is 13.2 Å². The van der Waals surface area contributed by atoms with Crippen LogP contribution in [0.1, 0.15) is 17.5 Å². The number of hydrogen-bond donors (Lipinski definition) is 1. The lowest BCUT2D eigenvalue weighted by molar-refractivity contribution is -0.137. The Labute approximate surface area is 198 Å². The number of imidazole rings is 1. The van der Waals surface area contributed by atoms with Crippen LogP contribution in [-0.2, 0) is 22.3 Å². The monoisotopic (exact) mass is 479 g/mol. The summed E-state index contributed by atoms with van der Waals surface area (Å²) in [7, 11) is 0. The first-order chi connectivity index (χ1) is 16.8. The lowest BCUT2D eigenvalue weighted by atomic mass is 10.1. The summed E-state index contributed by atoms with van der Waals surface area (Å²) in [4.78, 5) is 35.3. The van der Waals surface area contributed by atoms with Crippen molar-refractivity contribution < 1.29 is 22.8 Å². The highest BCUT2D eigenvalue weighted by Crippen LogP contribution is 2.30. The fourth-order valence-electron chi connectivity index (χ4n) is 4.16. The van der Waals surface area contributed by atoms with Gasteiger partial charge in [-0.15, -0.1) is 0 Å². The zero-order valence-corrected chi connectivity index (χ0v) is 18.4. The molecule has 2 aromatic heterocycles. The highest BCUT2D eigenvalue weighted by molar-refractivity contribution is 5.97. The molecule has 1 fully saturated rings. The molecule has 178 valence electrons. The van der Waals surface area contributed by atoms with Crippen molar-refractivity contribution in [3.05, 3.63) is 84.3 Å². The molecule has 0 radical (unpaired) electrons. The molecule has 1 aliphatic heterocycles. The van der Waals surface area contributed by atoms with Crippen LogP contribution < -0.4 is 5.32 Å². The SMILES string of the molecule is O=C(Nc1ccc(-n2cnc3ccccc32)nc1)C1CC(=O)N(Cc2cccc(C(F)(F)F)c2)C1. The van der Waals surface area contributed by atoms with Crippen molar-refractivity contribution in [2.75, 3.05) is 11.9 Å². The lowest BCUT2D eigenvalue weighted by Crippen LogP contribution is -2.28. The van der Waals surface area contributed by atoms with Gasteiger partial charge in [-0.1, -0.05) is 24.3 Å². The number of para-hydroxylation sites is 2. The molecule has 10 heteroatoms. The number of anilines is 1. The Balaban J connectivity index is 1.22. The van der Waals surface area contributed by atoms with Gasteiger partial charge < -0.3 is 10.2 Å². The topological polar surface area (TPSA) is 80.1 Å². The smallest absolute Gasteiger partial charge is 0.338 e. The number of rotatable bonds is 5. The molecule has 1 aliphatic rings. The van der Waals surface area contributed by atoms with Crippen LogP contribution in [0.3, 0.4) is 0 Å². The quantitative estimate of drug-likeness (QED) is 0.460. The molecule has 35 heavy (non-hydrogen) atoms. The molecule has 7 nitrogen and oxygen atoms in total. The fraction of sp³-hybridized carbons (Fsp3) is 0.200. The van der Waals surface area contributed by atoms with Gasteiger partial charge in [0.05, 0.1) is 34.4 Å². The number of fused-ring (bicyclic) bond motifs is 1. The van der Waals surface area contributed by atoms with Gasteiger partial charge in [0.1, 0.15) is 12.1 Å². The van der Waals surface area contributed by atoms with Gasteiger partial charge in [-0.05, 0) is 42.0 Å². The third-order valence-corrected chi connectivity index (χ3v) is 5.93. The summed E-state index contributed by atoms with van der Waals surface area (Å²) in [6.07, 6.45) is -1.26. The number of halogens is 3. The lowest BCUT2D eigenvalue weighted by Gasteiger charge is -2.17. The van der Waals surface area contributed by atoms with Gasteiger partial charge in [0.15, 0.2) is 0 Å². The van der Waals surface area contributed by atoms with E-state index in [1.807, 2.05) is 28.8 Å². The number of nitrogens with zero attached hydrogens (tertiary/aromatic N) is 4. The summed E-state index contributed by atoms with van der Waals surface area (Å²) in [5.41, 5.74) is 1.82. The molecule has 0 aliphatic carbocycles. The summed E-state index contributed by atoms with van der Waals surface area (Å²) in [6, 6.07) is 16.0. The van der Waals surface area contributed by atoms with Gasteiger partial charge in [-0.25, -0.2) is 9.97 Å². The van der Waals surface area contributed by atoms with Crippen molar-refractivity contribution in [3.8, 4) is 5.82 Å². The largest absolute Gasteiger partial charge is 0.416 e. The van der Waals surface area contributed by atoms with Crippen molar-refractivity contribution in [3.63, 3.8) is 0 Å². The molecule has 2 aromatic carbocycles. The van der Waals surface area contributed by atoms with Gasteiger partial charge in [0.2, 0.25) is 11.8 Å². The van der Waals surface area contributed by atoms with Crippen molar-refractivity contribution in [1.29, 1.82) is 0 Å². The van der Waals surface area contributed by atoms with E-state index >= 15 is 0 Å². The Morgan fingerprint density at radius 3 is 2.66 bits per heavy atom.